The number of nitro benzene ring substituents is 1. The van der Waals surface area contributed by atoms with E-state index in [4.69, 9.17) is 9.84 Å². The molecule has 19 heavy (non-hydrogen) atoms. The van der Waals surface area contributed by atoms with E-state index < -0.39 is 10.8 Å². The Morgan fingerprint density at radius 1 is 1.47 bits per heavy atom. The van der Waals surface area contributed by atoms with Crippen molar-refractivity contribution in [3.05, 3.63) is 39.4 Å². The fourth-order valence-electron chi connectivity index (χ4n) is 1.59. The summed E-state index contributed by atoms with van der Waals surface area (Å²) in [4.78, 5) is 22.2. The van der Waals surface area contributed by atoms with Gasteiger partial charge < -0.3 is 15.2 Å². The fraction of sp³-hybridized carbons (Fsp3) is 0.417. The largest absolute Gasteiger partial charge is 0.394 e. The van der Waals surface area contributed by atoms with Crippen LogP contribution in [0.25, 0.3) is 0 Å². The van der Waals surface area contributed by atoms with Crippen molar-refractivity contribution in [3.63, 3.8) is 0 Å². The maximum absolute atomic E-state index is 11.9. The number of aliphatic hydroxyl groups excluding tert-OH is 1. The Kier molecular flexibility index (Phi) is 5.91. The molecule has 0 aliphatic carbocycles. The molecule has 2 N–H and O–H groups in total. The first-order valence-electron chi connectivity index (χ1n) is 5.78. The molecule has 0 aromatic heterocycles. The molecule has 7 heteroatoms. The maximum Gasteiger partial charge on any atom is 0.282 e. The van der Waals surface area contributed by atoms with Gasteiger partial charge in [-0.05, 0) is 12.5 Å². The van der Waals surface area contributed by atoms with E-state index in [1.165, 1.54) is 12.1 Å². The summed E-state index contributed by atoms with van der Waals surface area (Å²) in [6.45, 7) is 2.22. The van der Waals surface area contributed by atoms with Crippen LogP contribution in [0, 0.1) is 17.0 Å². The first-order valence-corrected chi connectivity index (χ1v) is 5.78. The van der Waals surface area contributed by atoms with Crippen LogP contribution in [-0.2, 0) is 4.74 Å². The number of amides is 1. The first kappa shape index (κ1) is 15.1. The highest BCUT2D eigenvalue weighted by Crippen LogP contribution is 2.21. The summed E-state index contributed by atoms with van der Waals surface area (Å²) in [6.07, 6.45) is 0. The smallest absolute Gasteiger partial charge is 0.282 e. The van der Waals surface area contributed by atoms with Crippen LogP contribution in [0.2, 0.25) is 0 Å². The third kappa shape index (κ3) is 4.31. The zero-order valence-electron chi connectivity index (χ0n) is 10.6. The first-order chi connectivity index (χ1) is 9.07. The number of carbonyl (C=O) groups is 1. The second kappa shape index (κ2) is 7.45. The number of nitrogens with one attached hydrogen (secondary N) is 1. The van der Waals surface area contributed by atoms with Crippen molar-refractivity contribution in [1.82, 2.24) is 5.32 Å². The lowest BCUT2D eigenvalue weighted by atomic mass is 10.1. The number of ether oxygens (including phenoxy) is 1. The molecule has 0 radical (unpaired) electrons. The molecule has 0 saturated carbocycles. The Bertz CT molecular complexity index is 461. The SMILES string of the molecule is Cc1cccc([N+](=O)[O-])c1C(=O)NCCOCCO. The Hall–Kier alpha value is -1.99. The molecule has 1 aromatic carbocycles. The van der Waals surface area contributed by atoms with E-state index in [9.17, 15) is 14.9 Å². The van der Waals surface area contributed by atoms with Gasteiger partial charge in [0.25, 0.3) is 11.6 Å². The molecule has 104 valence electrons. The Labute approximate surface area is 110 Å². The van der Waals surface area contributed by atoms with Crippen molar-refractivity contribution in [2.75, 3.05) is 26.4 Å². The Balaban J connectivity index is 2.68. The normalized spacial score (nSPS) is 10.2. The van der Waals surface area contributed by atoms with Crippen molar-refractivity contribution in [3.8, 4) is 0 Å². The van der Waals surface area contributed by atoms with Crippen LogP contribution in [0.15, 0.2) is 18.2 Å². The van der Waals surface area contributed by atoms with Gasteiger partial charge in [-0.3, -0.25) is 14.9 Å². The monoisotopic (exact) mass is 268 g/mol. The predicted molar refractivity (Wildman–Crippen MR) is 68.1 cm³/mol. The standard InChI is InChI=1S/C12H16N2O5/c1-9-3-2-4-10(14(17)18)11(9)12(16)13-5-7-19-8-6-15/h2-4,15H,5-8H2,1H3,(H,13,16). The van der Waals surface area contributed by atoms with Crippen LogP contribution in [0.1, 0.15) is 15.9 Å². The van der Waals surface area contributed by atoms with Crippen molar-refractivity contribution in [2.24, 2.45) is 0 Å². The van der Waals surface area contributed by atoms with Crippen molar-refractivity contribution < 1.29 is 19.6 Å². The van der Waals surface area contributed by atoms with Gasteiger partial charge in [0.1, 0.15) is 5.56 Å². The topological polar surface area (TPSA) is 102 Å². The summed E-state index contributed by atoms with van der Waals surface area (Å²) >= 11 is 0. The molecular weight excluding hydrogens is 252 g/mol. The minimum atomic E-state index is -0.579. The molecule has 0 fully saturated rings. The highest BCUT2D eigenvalue weighted by Gasteiger charge is 2.21. The number of nitro groups is 1. The van der Waals surface area contributed by atoms with E-state index in [-0.39, 0.29) is 37.6 Å². The minimum Gasteiger partial charge on any atom is -0.394 e. The summed E-state index contributed by atoms with van der Waals surface area (Å²) in [5.74, 6) is -0.502. The second-order valence-corrected chi connectivity index (χ2v) is 3.82. The number of nitrogens with zero attached hydrogens (tertiary/aromatic N) is 1. The molecule has 0 aliphatic rings. The van der Waals surface area contributed by atoms with Crippen molar-refractivity contribution in [1.29, 1.82) is 0 Å². The molecule has 0 aliphatic heterocycles. The van der Waals surface area contributed by atoms with Crippen LogP contribution in [0.4, 0.5) is 5.69 Å². The average Bonchev–Trinajstić information content (AvgIpc) is 2.37. The molecule has 1 amide bonds. The quantitative estimate of drug-likeness (QED) is 0.429. The van der Waals surface area contributed by atoms with Crippen molar-refractivity contribution in [2.45, 2.75) is 6.92 Å². The van der Waals surface area contributed by atoms with Gasteiger partial charge in [0.2, 0.25) is 0 Å². The van der Waals surface area contributed by atoms with E-state index in [1.807, 2.05) is 0 Å². The fourth-order valence-corrected chi connectivity index (χ4v) is 1.59. The van der Waals surface area contributed by atoms with Gasteiger partial charge in [-0.25, -0.2) is 0 Å². The number of rotatable bonds is 7. The number of aryl methyl sites for hydroxylation is 1. The lowest BCUT2D eigenvalue weighted by molar-refractivity contribution is -0.385. The molecule has 7 nitrogen and oxygen atoms in total. The van der Waals surface area contributed by atoms with Crippen LogP contribution >= 0.6 is 0 Å². The summed E-state index contributed by atoms with van der Waals surface area (Å²) < 4.78 is 4.98. The lowest BCUT2D eigenvalue weighted by Crippen LogP contribution is -2.28. The van der Waals surface area contributed by atoms with E-state index in [2.05, 4.69) is 5.32 Å². The predicted octanol–water partition coefficient (Wildman–Crippen LogP) is 0.642. The third-order valence-corrected chi connectivity index (χ3v) is 2.44. The summed E-state index contributed by atoms with van der Waals surface area (Å²) in [6, 6.07) is 4.48. The van der Waals surface area contributed by atoms with E-state index >= 15 is 0 Å². The summed E-state index contributed by atoms with van der Waals surface area (Å²) in [5, 5.41) is 21.9. The number of benzene rings is 1. The van der Waals surface area contributed by atoms with Crippen molar-refractivity contribution >= 4 is 11.6 Å². The van der Waals surface area contributed by atoms with E-state index in [1.54, 1.807) is 13.0 Å². The maximum atomic E-state index is 11.9. The molecule has 0 atom stereocenters. The minimum absolute atomic E-state index is 0.0645. The zero-order valence-corrected chi connectivity index (χ0v) is 10.6. The van der Waals surface area contributed by atoms with Crippen LogP contribution in [0.3, 0.4) is 0 Å². The number of aliphatic hydroxyl groups is 1. The average molecular weight is 268 g/mol. The number of hydrogen-bond acceptors (Lipinski definition) is 5. The molecule has 0 bridgehead atoms. The highest BCUT2D eigenvalue weighted by molar-refractivity contribution is 5.99. The van der Waals surface area contributed by atoms with Gasteiger partial charge in [-0.15, -0.1) is 0 Å². The number of carbonyl (C=O) groups excluding carboxylic acids is 1. The third-order valence-electron chi connectivity index (χ3n) is 2.44. The Morgan fingerprint density at radius 2 is 2.21 bits per heavy atom. The number of hydrogen-bond donors (Lipinski definition) is 2. The van der Waals surface area contributed by atoms with Crippen LogP contribution in [0.5, 0.6) is 0 Å². The van der Waals surface area contributed by atoms with Gasteiger partial charge in [-0.1, -0.05) is 12.1 Å². The Morgan fingerprint density at radius 3 is 2.84 bits per heavy atom. The summed E-state index contributed by atoms with van der Waals surface area (Å²) in [7, 11) is 0. The molecular formula is C12H16N2O5. The van der Waals surface area contributed by atoms with Gasteiger partial charge >= 0.3 is 0 Å². The van der Waals surface area contributed by atoms with Gasteiger partial charge in [0.15, 0.2) is 0 Å². The van der Waals surface area contributed by atoms with Gasteiger partial charge in [0.05, 0.1) is 24.7 Å². The van der Waals surface area contributed by atoms with E-state index in [0.717, 1.165) is 0 Å². The highest BCUT2D eigenvalue weighted by atomic mass is 16.6. The molecule has 1 rings (SSSR count). The zero-order chi connectivity index (χ0) is 14.3. The van der Waals surface area contributed by atoms with Crippen LogP contribution < -0.4 is 5.32 Å². The van der Waals surface area contributed by atoms with E-state index in [0.29, 0.717) is 5.56 Å². The lowest BCUT2D eigenvalue weighted by Gasteiger charge is -2.08. The van der Waals surface area contributed by atoms with Gasteiger partial charge in [-0.2, -0.15) is 0 Å². The molecule has 0 heterocycles. The molecule has 0 unspecified atom stereocenters. The van der Waals surface area contributed by atoms with Crippen LogP contribution in [-0.4, -0.2) is 42.3 Å². The van der Waals surface area contributed by atoms with Gasteiger partial charge in [0, 0.05) is 12.6 Å². The molecule has 0 spiro atoms. The molecule has 1 aromatic rings. The second-order valence-electron chi connectivity index (χ2n) is 3.82. The summed E-state index contributed by atoms with van der Waals surface area (Å²) in [5.41, 5.74) is 0.395. The molecule has 0 saturated heterocycles.